The molecule has 0 unspecified atom stereocenters. The first kappa shape index (κ1) is 27.6. The summed E-state index contributed by atoms with van der Waals surface area (Å²) in [5.41, 5.74) is 1.54. The lowest BCUT2D eigenvalue weighted by molar-refractivity contribution is -0.142. The quantitative estimate of drug-likeness (QED) is 0.467. The van der Waals surface area contributed by atoms with Crippen LogP contribution in [0.2, 0.25) is 0 Å². The molecule has 3 heterocycles. The SMILES string of the molecule is COc1ccc(-c2ccc(N3CCN(C(=O)CN(C[C@@H]4CCCO4)C(=O)CC(C)C)CC3)nn2)c(OC)c1. The van der Waals surface area contributed by atoms with E-state index in [0.29, 0.717) is 56.3 Å². The summed E-state index contributed by atoms with van der Waals surface area (Å²) in [6, 6.07) is 9.45. The Morgan fingerprint density at radius 1 is 1.08 bits per heavy atom. The van der Waals surface area contributed by atoms with Crippen LogP contribution in [-0.4, -0.2) is 98.0 Å². The fourth-order valence-corrected chi connectivity index (χ4v) is 4.86. The van der Waals surface area contributed by atoms with Crippen molar-refractivity contribution < 1.29 is 23.8 Å². The van der Waals surface area contributed by atoms with Gasteiger partial charge in [0, 0.05) is 57.4 Å². The molecule has 2 aliphatic rings. The number of benzene rings is 1. The molecule has 0 N–H and O–H groups in total. The van der Waals surface area contributed by atoms with E-state index in [0.717, 1.165) is 30.8 Å². The number of carbonyl (C=O) groups is 2. The largest absolute Gasteiger partial charge is 0.497 e. The monoisotopic (exact) mass is 525 g/mol. The number of nitrogens with zero attached hydrogens (tertiary/aromatic N) is 5. The maximum absolute atomic E-state index is 13.1. The zero-order valence-electron chi connectivity index (χ0n) is 22.9. The number of hydrogen-bond acceptors (Lipinski definition) is 8. The van der Waals surface area contributed by atoms with E-state index in [4.69, 9.17) is 14.2 Å². The Labute approximate surface area is 224 Å². The van der Waals surface area contributed by atoms with Gasteiger partial charge in [-0.25, -0.2) is 0 Å². The highest BCUT2D eigenvalue weighted by molar-refractivity contribution is 5.85. The number of anilines is 1. The number of carbonyl (C=O) groups excluding carboxylic acids is 2. The smallest absolute Gasteiger partial charge is 0.242 e. The maximum Gasteiger partial charge on any atom is 0.242 e. The molecule has 0 spiro atoms. The van der Waals surface area contributed by atoms with Crippen molar-refractivity contribution in [3.05, 3.63) is 30.3 Å². The summed E-state index contributed by atoms with van der Waals surface area (Å²) in [5.74, 6) is 2.38. The summed E-state index contributed by atoms with van der Waals surface area (Å²) in [4.78, 5) is 31.7. The molecule has 206 valence electrons. The van der Waals surface area contributed by atoms with Crippen molar-refractivity contribution in [2.24, 2.45) is 5.92 Å². The van der Waals surface area contributed by atoms with Crippen LogP contribution < -0.4 is 14.4 Å². The van der Waals surface area contributed by atoms with E-state index in [1.165, 1.54) is 0 Å². The van der Waals surface area contributed by atoms with Crippen LogP contribution in [0.3, 0.4) is 0 Å². The Hall–Kier alpha value is -3.40. The standard InChI is InChI=1S/C28H39N5O5/c1-20(2)16-27(34)33(18-22-6-5-15-38-22)19-28(35)32-13-11-31(12-14-32)26-10-9-24(29-30-26)23-8-7-21(36-3)17-25(23)37-4/h7-10,17,20,22H,5-6,11-16,18-19H2,1-4H3/t22-/m0/s1. The number of piperazine rings is 1. The topological polar surface area (TPSA) is 97.3 Å². The molecule has 1 atom stereocenters. The number of methoxy groups -OCH3 is 2. The van der Waals surface area contributed by atoms with E-state index < -0.39 is 0 Å². The Bertz CT molecular complexity index is 1080. The van der Waals surface area contributed by atoms with Crippen molar-refractivity contribution in [1.82, 2.24) is 20.0 Å². The number of aromatic nitrogens is 2. The summed E-state index contributed by atoms with van der Waals surface area (Å²) in [5, 5.41) is 8.87. The second-order valence-corrected chi connectivity index (χ2v) is 10.2. The van der Waals surface area contributed by atoms with Crippen molar-refractivity contribution >= 4 is 17.6 Å². The van der Waals surface area contributed by atoms with E-state index in [1.54, 1.807) is 19.1 Å². The predicted molar refractivity (Wildman–Crippen MR) is 144 cm³/mol. The fraction of sp³-hybridized carbons (Fsp3) is 0.571. The van der Waals surface area contributed by atoms with E-state index in [9.17, 15) is 9.59 Å². The van der Waals surface area contributed by atoms with E-state index >= 15 is 0 Å². The maximum atomic E-state index is 13.1. The Morgan fingerprint density at radius 3 is 2.47 bits per heavy atom. The van der Waals surface area contributed by atoms with Gasteiger partial charge in [-0.3, -0.25) is 9.59 Å². The molecule has 1 aromatic heterocycles. The third-order valence-electron chi connectivity index (χ3n) is 7.00. The van der Waals surface area contributed by atoms with Crippen molar-refractivity contribution in [2.45, 2.75) is 39.2 Å². The van der Waals surface area contributed by atoms with E-state index in [2.05, 4.69) is 15.1 Å². The second kappa shape index (κ2) is 12.9. The van der Waals surface area contributed by atoms with Gasteiger partial charge >= 0.3 is 0 Å². The summed E-state index contributed by atoms with van der Waals surface area (Å²) in [7, 11) is 3.23. The minimum absolute atomic E-state index is 0.0198. The molecule has 2 aliphatic heterocycles. The summed E-state index contributed by atoms with van der Waals surface area (Å²) >= 11 is 0. The third-order valence-corrected chi connectivity index (χ3v) is 7.00. The molecule has 2 amide bonds. The number of hydrogen-bond donors (Lipinski definition) is 0. The highest BCUT2D eigenvalue weighted by atomic mass is 16.5. The zero-order valence-corrected chi connectivity index (χ0v) is 22.9. The molecule has 10 nitrogen and oxygen atoms in total. The summed E-state index contributed by atoms with van der Waals surface area (Å²) < 4.78 is 16.5. The van der Waals surface area contributed by atoms with Gasteiger partial charge in [0.1, 0.15) is 11.5 Å². The molecule has 0 bridgehead atoms. The van der Waals surface area contributed by atoms with Crippen molar-refractivity contribution in [2.75, 3.05) is 65.0 Å². The van der Waals surface area contributed by atoms with E-state index in [-0.39, 0.29) is 30.4 Å². The van der Waals surface area contributed by atoms with Crippen molar-refractivity contribution in [3.8, 4) is 22.8 Å². The van der Waals surface area contributed by atoms with Gasteiger partial charge in [-0.1, -0.05) is 13.8 Å². The Balaban J connectivity index is 1.34. The first-order valence-corrected chi connectivity index (χ1v) is 13.4. The zero-order chi connectivity index (χ0) is 27.1. The minimum atomic E-state index is -0.0206. The van der Waals surface area contributed by atoms with Crippen LogP contribution >= 0.6 is 0 Å². The van der Waals surface area contributed by atoms with Crippen LogP contribution in [0, 0.1) is 5.92 Å². The molecule has 2 saturated heterocycles. The molecule has 2 fully saturated rings. The molecule has 1 aromatic carbocycles. The van der Waals surface area contributed by atoms with Gasteiger partial charge in [-0.05, 0) is 43.0 Å². The van der Waals surface area contributed by atoms with Gasteiger partial charge in [-0.2, -0.15) is 0 Å². The molecule has 4 rings (SSSR count). The average molecular weight is 526 g/mol. The van der Waals surface area contributed by atoms with Crippen molar-refractivity contribution in [3.63, 3.8) is 0 Å². The second-order valence-electron chi connectivity index (χ2n) is 10.2. The number of rotatable bonds is 10. The third kappa shape index (κ3) is 6.92. The summed E-state index contributed by atoms with van der Waals surface area (Å²) in [6.07, 6.45) is 2.40. The first-order valence-electron chi connectivity index (χ1n) is 13.4. The minimum Gasteiger partial charge on any atom is -0.497 e. The summed E-state index contributed by atoms with van der Waals surface area (Å²) in [6.45, 7) is 7.79. The Morgan fingerprint density at radius 2 is 1.87 bits per heavy atom. The van der Waals surface area contributed by atoms with Gasteiger partial charge in [0.25, 0.3) is 0 Å². The molecule has 0 saturated carbocycles. The lowest BCUT2D eigenvalue weighted by Crippen LogP contribution is -2.52. The van der Waals surface area contributed by atoms with Crippen LogP contribution in [0.4, 0.5) is 5.82 Å². The highest BCUT2D eigenvalue weighted by Gasteiger charge is 2.28. The van der Waals surface area contributed by atoms with Crippen LogP contribution in [0.15, 0.2) is 30.3 Å². The molecule has 38 heavy (non-hydrogen) atoms. The van der Waals surface area contributed by atoms with E-state index in [1.807, 2.05) is 49.1 Å². The predicted octanol–water partition coefficient (Wildman–Crippen LogP) is 2.86. The van der Waals surface area contributed by atoms with Gasteiger partial charge in [0.2, 0.25) is 11.8 Å². The van der Waals surface area contributed by atoms with Gasteiger partial charge < -0.3 is 28.9 Å². The highest BCUT2D eigenvalue weighted by Crippen LogP contribution is 2.32. The van der Waals surface area contributed by atoms with Crippen molar-refractivity contribution in [1.29, 1.82) is 0 Å². The van der Waals surface area contributed by atoms with Crippen LogP contribution in [0.25, 0.3) is 11.3 Å². The van der Waals surface area contributed by atoms with Crippen LogP contribution in [0.5, 0.6) is 11.5 Å². The number of ether oxygens (including phenoxy) is 3. The van der Waals surface area contributed by atoms with Gasteiger partial charge in [0.05, 0.1) is 32.6 Å². The molecule has 0 radical (unpaired) electrons. The fourth-order valence-electron chi connectivity index (χ4n) is 4.86. The normalized spacial score (nSPS) is 17.6. The first-order chi connectivity index (χ1) is 18.4. The molecular formula is C28H39N5O5. The lowest BCUT2D eigenvalue weighted by Gasteiger charge is -2.36. The van der Waals surface area contributed by atoms with Crippen LogP contribution in [-0.2, 0) is 14.3 Å². The molecular weight excluding hydrogens is 486 g/mol. The molecule has 10 heteroatoms. The lowest BCUT2D eigenvalue weighted by atomic mass is 10.1. The van der Waals surface area contributed by atoms with Gasteiger partial charge in [-0.15, -0.1) is 10.2 Å². The molecule has 2 aromatic rings. The van der Waals surface area contributed by atoms with Crippen LogP contribution in [0.1, 0.15) is 33.1 Å². The van der Waals surface area contributed by atoms with Gasteiger partial charge in [0.15, 0.2) is 5.82 Å². The average Bonchev–Trinajstić information content (AvgIpc) is 3.45. The molecule has 0 aliphatic carbocycles. The Kier molecular flexibility index (Phi) is 9.38. The number of amides is 2.